The van der Waals surface area contributed by atoms with Gasteiger partial charge < -0.3 is 15.2 Å². The lowest BCUT2D eigenvalue weighted by Crippen LogP contribution is -2.44. The molecule has 1 aliphatic heterocycles. The van der Waals surface area contributed by atoms with Crippen LogP contribution in [-0.4, -0.2) is 44.6 Å². The molecule has 0 aliphatic carbocycles. The highest BCUT2D eigenvalue weighted by Gasteiger charge is 2.32. The summed E-state index contributed by atoms with van der Waals surface area (Å²) >= 11 is 0. The third kappa shape index (κ3) is 6.04. The van der Waals surface area contributed by atoms with Gasteiger partial charge in [0.05, 0.1) is 17.8 Å². The number of piperidine rings is 1. The van der Waals surface area contributed by atoms with Crippen LogP contribution in [0.4, 0.5) is 0 Å². The standard InChI is InChI=1S/C28H39N5O3/c1-17(2)13-22(25(34)29-15-23-18(3)14-19(4)31-26(23)35)24-16-30-33(20(24)5)21-9-11-32(12-10-21)27(36)28(6,7)8/h13-14,16,21H,1,9-12,15H2,2-8H3,(H,29,34)(H,31,35)/b22-13+. The van der Waals surface area contributed by atoms with Gasteiger partial charge in [0.1, 0.15) is 0 Å². The van der Waals surface area contributed by atoms with Crippen molar-refractivity contribution in [2.45, 2.75) is 73.9 Å². The molecule has 8 heteroatoms. The molecule has 194 valence electrons. The minimum absolute atomic E-state index is 0.126. The van der Waals surface area contributed by atoms with Gasteiger partial charge in [-0.25, -0.2) is 0 Å². The van der Waals surface area contributed by atoms with Crippen molar-refractivity contribution in [1.29, 1.82) is 0 Å². The second kappa shape index (κ2) is 10.7. The summed E-state index contributed by atoms with van der Waals surface area (Å²) < 4.78 is 1.97. The number of carbonyl (C=O) groups is 2. The molecule has 1 saturated heterocycles. The number of hydrogen-bond donors (Lipinski definition) is 2. The maximum atomic E-state index is 13.3. The van der Waals surface area contributed by atoms with E-state index in [9.17, 15) is 14.4 Å². The van der Waals surface area contributed by atoms with Gasteiger partial charge in [-0.1, -0.05) is 32.9 Å². The van der Waals surface area contributed by atoms with Gasteiger partial charge in [-0.15, -0.1) is 0 Å². The number of pyridine rings is 1. The summed E-state index contributed by atoms with van der Waals surface area (Å²) in [5.41, 5.74) is 4.40. The number of rotatable bonds is 6. The number of amides is 2. The van der Waals surface area contributed by atoms with Gasteiger partial charge in [-0.05, 0) is 58.2 Å². The first-order valence-corrected chi connectivity index (χ1v) is 12.5. The molecule has 1 aliphatic rings. The molecule has 2 amide bonds. The molecule has 36 heavy (non-hydrogen) atoms. The van der Waals surface area contributed by atoms with E-state index < -0.39 is 0 Å². The van der Waals surface area contributed by atoms with E-state index in [-0.39, 0.29) is 35.4 Å². The Morgan fingerprint density at radius 2 is 1.86 bits per heavy atom. The first-order chi connectivity index (χ1) is 16.8. The topological polar surface area (TPSA) is 100 Å². The van der Waals surface area contributed by atoms with Gasteiger partial charge in [-0.3, -0.25) is 19.1 Å². The molecule has 0 spiro atoms. The lowest BCUT2D eigenvalue weighted by atomic mass is 9.93. The predicted octanol–water partition coefficient (Wildman–Crippen LogP) is 3.98. The van der Waals surface area contributed by atoms with Crippen molar-refractivity contribution in [2.75, 3.05) is 13.1 Å². The number of aryl methyl sites for hydroxylation is 2. The van der Waals surface area contributed by atoms with Crippen LogP contribution in [0, 0.1) is 26.2 Å². The third-order valence-corrected chi connectivity index (χ3v) is 6.63. The van der Waals surface area contributed by atoms with Gasteiger partial charge in [-0.2, -0.15) is 5.10 Å². The molecule has 2 N–H and O–H groups in total. The Morgan fingerprint density at radius 1 is 1.22 bits per heavy atom. The van der Waals surface area contributed by atoms with Crippen LogP contribution in [-0.2, 0) is 16.1 Å². The fourth-order valence-corrected chi connectivity index (χ4v) is 4.72. The van der Waals surface area contributed by atoms with Crippen molar-refractivity contribution < 1.29 is 9.59 Å². The van der Waals surface area contributed by atoms with Crippen LogP contribution in [0.25, 0.3) is 5.57 Å². The minimum Gasteiger partial charge on any atom is -0.348 e. The fraction of sp³-hybridized carbons (Fsp3) is 0.500. The van der Waals surface area contributed by atoms with E-state index in [0.29, 0.717) is 24.2 Å². The smallest absolute Gasteiger partial charge is 0.253 e. The van der Waals surface area contributed by atoms with Crippen molar-refractivity contribution in [3.8, 4) is 0 Å². The summed E-state index contributed by atoms with van der Waals surface area (Å²) in [7, 11) is 0. The molecule has 1 fully saturated rings. The van der Waals surface area contributed by atoms with E-state index in [1.807, 2.05) is 64.1 Å². The number of nitrogens with zero attached hydrogens (tertiary/aromatic N) is 3. The van der Waals surface area contributed by atoms with Crippen LogP contribution in [0.1, 0.15) is 74.7 Å². The Kier molecular flexibility index (Phi) is 8.06. The quantitative estimate of drug-likeness (QED) is 0.470. The van der Waals surface area contributed by atoms with Crippen LogP contribution in [0.3, 0.4) is 0 Å². The van der Waals surface area contributed by atoms with Gasteiger partial charge >= 0.3 is 0 Å². The van der Waals surface area contributed by atoms with Gasteiger partial charge in [0.25, 0.3) is 11.5 Å². The third-order valence-electron chi connectivity index (χ3n) is 6.63. The Morgan fingerprint density at radius 3 is 2.42 bits per heavy atom. The second-order valence-corrected chi connectivity index (χ2v) is 10.9. The van der Waals surface area contributed by atoms with Crippen molar-refractivity contribution in [1.82, 2.24) is 25.0 Å². The molecule has 0 unspecified atom stereocenters. The Hall–Kier alpha value is -3.42. The Bertz CT molecular complexity index is 1250. The van der Waals surface area contributed by atoms with Crippen LogP contribution < -0.4 is 10.9 Å². The molecular weight excluding hydrogens is 454 g/mol. The van der Waals surface area contributed by atoms with Gasteiger partial charge in [0.15, 0.2) is 0 Å². The van der Waals surface area contributed by atoms with E-state index >= 15 is 0 Å². The first-order valence-electron chi connectivity index (χ1n) is 12.5. The average molecular weight is 494 g/mol. The molecule has 0 saturated carbocycles. The Balaban J connectivity index is 1.78. The molecule has 2 aromatic rings. The molecule has 0 radical (unpaired) electrons. The highest BCUT2D eigenvalue weighted by atomic mass is 16.2. The number of carbonyl (C=O) groups excluding carboxylic acids is 2. The lowest BCUT2D eigenvalue weighted by Gasteiger charge is -2.36. The molecule has 3 heterocycles. The number of aromatic amines is 1. The van der Waals surface area contributed by atoms with Crippen LogP contribution in [0.15, 0.2) is 35.3 Å². The summed E-state index contributed by atoms with van der Waals surface area (Å²) in [6, 6.07) is 2.05. The van der Waals surface area contributed by atoms with Crippen LogP contribution >= 0.6 is 0 Å². The highest BCUT2D eigenvalue weighted by molar-refractivity contribution is 6.20. The zero-order valence-electron chi connectivity index (χ0n) is 22.6. The summed E-state index contributed by atoms with van der Waals surface area (Å²) in [6.45, 7) is 18.8. The number of hydrogen-bond acceptors (Lipinski definition) is 4. The average Bonchev–Trinajstić information content (AvgIpc) is 3.16. The number of aromatic nitrogens is 3. The van der Waals surface area contributed by atoms with E-state index in [4.69, 9.17) is 0 Å². The molecule has 0 bridgehead atoms. The molecule has 2 aromatic heterocycles. The fourth-order valence-electron chi connectivity index (χ4n) is 4.72. The van der Waals surface area contributed by atoms with Crippen LogP contribution in [0.5, 0.6) is 0 Å². The molecule has 0 aromatic carbocycles. The van der Waals surface area contributed by atoms with Gasteiger partial charge in [0.2, 0.25) is 5.91 Å². The summed E-state index contributed by atoms with van der Waals surface area (Å²) in [4.78, 5) is 43.0. The van der Waals surface area contributed by atoms with Crippen molar-refractivity contribution in [2.24, 2.45) is 5.41 Å². The summed E-state index contributed by atoms with van der Waals surface area (Å²) in [6.07, 6.45) is 5.09. The second-order valence-electron chi connectivity index (χ2n) is 10.9. The maximum absolute atomic E-state index is 13.3. The molecule has 8 nitrogen and oxygen atoms in total. The zero-order chi connectivity index (χ0) is 26.8. The van der Waals surface area contributed by atoms with E-state index in [2.05, 4.69) is 22.0 Å². The number of allylic oxidation sites excluding steroid dienone is 2. The normalized spacial score (nSPS) is 15.2. The highest BCUT2D eigenvalue weighted by Crippen LogP contribution is 2.29. The SMILES string of the molecule is C=C(C)/C=C(/C(=O)NCc1c(C)cc(C)[nH]c1=O)c1cnn(C2CCN(C(=O)C(C)(C)C)CC2)c1C. The summed E-state index contributed by atoms with van der Waals surface area (Å²) in [5, 5.41) is 7.54. The maximum Gasteiger partial charge on any atom is 0.253 e. The molecule has 3 rings (SSSR count). The summed E-state index contributed by atoms with van der Waals surface area (Å²) in [5.74, 6) is -0.115. The molecule has 0 atom stereocenters. The monoisotopic (exact) mass is 493 g/mol. The number of likely N-dealkylation sites (tertiary alicyclic amines) is 1. The van der Waals surface area contributed by atoms with E-state index in [0.717, 1.165) is 40.9 Å². The Labute approximate surface area is 213 Å². The number of nitrogens with one attached hydrogen (secondary N) is 2. The lowest BCUT2D eigenvalue weighted by molar-refractivity contribution is -0.140. The van der Waals surface area contributed by atoms with Crippen molar-refractivity contribution >= 4 is 17.4 Å². The predicted molar refractivity (Wildman–Crippen MR) is 142 cm³/mol. The van der Waals surface area contributed by atoms with Crippen molar-refractivity contribution in [3.05, 3.63) is 68.9 Å². The first kappa shape index (κ1) is 27.2. The number of H-pyrrole nitrogens is 1. The van der Waals surface area contributed by atoms with E-state index in [1.165, 1.54) is 0 Å². The van der Waals surface area contributed by atoms with Crippen molar-refractivity contribution in [3.63, 3.8) is 0 Å². The van der Waals surface area contributed by atoms with Gasteiger partial charge in [0, 0.05) is 47.6 Å². The van der Waals surface area contributed by atoms with E-state index in [1.54, 1.807) is 12.3 Å². The minimum atomic E-state index is -0.390. The largest absolute Gasteiger partial charge is 0.348 e. The molecular formula is C28H39N5O3. The zero-order valence-corrected chi connectivity index (χ0v) is 22.6. The van der Waals surface area contributed by atoms with Crippen LogP contribution in [0.2, 0.25) is 0 Å².